The average molecular weight is 687 g/mol. The summed E-state index contributed by atoms with van der Waals surface area (Å²) in [6.45, 7) is 6.42. The van der Waals surface area contributed by atoms with E-state index in [1.165, 1.54) is 64.2 Å². The van der Waals surface area contributed by atoms with Gasteiger partial charge in [0.2, 0.25) is 0 Å². The Morgan fingerprint density at radius 2 is 0.776 bits per heavy atom. The second-order valence-corrected chi connectivity index (χ2v) is 13.2. The monoisotopic (exact) mass is 687 g/mol. The Bertz CT molecular complexity index is 887. The number of carbonyl (C=O) groups excluding carboxylic acids is 3. The maximum absolute atomic E-state index is 12.6. The van der Waals surface area contributed by atoms with Gasteiger partial charge in [-0.25, -0.2) is 0 Å². The molecule has 282 valence electrons. The van der Waals surface area contributed by atoms with Crippen LogP contribution in [0.5, 0.6) is 0 Å². The van der Waals surface area contributed by atoms with E-state index in [1.807, 2.05) is 0 Å². The molecule has 0 saturated carbocycles. The summed E-state index contributed by atoms with van der Waals surface area (Å²) in [6, 6.07) is 0. The smallest absolute Gasteiger partial charge is 0.306 e. The molecule has 0 aliphatic carbocycles. The van der Waals surface area contributed by atoms with Crippen LogP contribution in [0.3, 0.4) is 0 Å². The summed E-state index contributed by atoms with van der Waals surface area (Å²) in [5.74, 6) is -0.980. The van der Waals surface area contributed by atoms with Crippen LogP contribution in [0.2, 0.25) is 0 Å². The lowest BCUT2D eigenvalue weighted by Gasteiger charge is -2.18. The zero-order valence-corrected chi connectivity index (χ0v) is 31.9. The van der Waals surface area contributed by atoms with Crippen LogP contribution in [-0.2, 0) is 28.6 Å². The summed E-state index contributed by atoms with van der Waals surface area (Å²) >= 11 is 0. The predicted molar refractivity (Wildman–Crippen MR) is 205 cm³/mol. The molecule has 0 heterocycles. The molecule has 0 spiro atoms. The van der Waals surface area contributed by atoms with Gasteiger partial charge in [-0.1, -0.05) is 140 Å². The van der Waals surface area contributed by atoms with Gasteiger partial charge >= 0.3 is 17.9 Å². The number of allylic oxidation sites excluding steroid dienone is 8. The van der Waals surface area contributed by atoms with Crippen molar-refractivity contribution in [3.63, 3.8) is 0 Å². The molecule has 0 aromatic heterocycles. The summed E-state index contributed by atoms with van der Waals surface area (Å²) in [5.41, 5.74) is 0. The first kappa shape index (κ1) is 46.4. The normalized spacial score (nSPS) is 12.5. The molecule has 6 heteroatoms. The van der Waals surface area contributed by atoms with Crippen molar-refractivity contribution >= 4 is 17.9 Å². The van der Waals surface area contributed by atoms with Gasteiger partial charge in [0.1, 0.15) is 13.2 Å². The quantitative estimate of drug-likeness (QED) is 0.0217. The van der Waals surface area contributed by atoms with Crippen LogP contribution in [0, 0.1) is 0 Å². The van der Waals surface area contributed by atoms with Crippen molar-refractivity contribution in [3.8, 4) is 0 Å². The zero-order valence-electron chi connectivity index (χ0n) is 31.9. The van der Waals surface area contributed by atoms with Crippen LogP contribution in [0.4, 0.5) is 0 Å². The minimum Gasteiger partial charge on any atom is -0.462 e. The third-order valence-electron chi connectivity index (χ3n) is 8.30. The highest BCUT2D eigenvalue weighted by molar-refractivity contribution is 5.71. The van der Waals surface area contributed by atoms with E-state index in [4.69, 9.17) is 14.2 Å². The molecule has 0 N–H and O–H groups in total. The highest BCUT2D eigenvalue weighted by Gasteiger charge is 2.19. The van der Waals surface area contributed by atoms with E-state index < -0.39 is 6.10 Å². The summed E-state index contributed by atoms with van der Waals surface area (Å²) in [5, 5.41) is 0. The van der Waals surface area contributed by atoms with E-state index >= 15 is 0 Å². The summed E-state index contributed by atoms with van der Waals surface area (Å²) in [7, 11) is 0. The fourth-order valence-electron chi connectivity index (χ4n) is 5.17. The van der Waals surface area contributed by atoms with Crippen molar-refractivity contribution in [1.29, 1.82) is 0 Å². The Kier molecular flexibility index (Phi) is 36.1. The molecule has 0 aromatic rings. The lowest BCUT2D eigenvalue weighted by atomic mass is 10.1. The molecule has 0 amide bonds. The molecule has 0 aromatic carbocycles. The zero-order chi connectivity index (χ0) is 35.9. The Labute approximate surface area is 301 Å². The van der Waals surface area contributed by atoms with Gasteiger partial charge in [-0.2, -0.15) is 0 Å². The standard InChI is InChI=1S/C43H74O6/c1-4-7-10-13-16-19-21-24-27-30-33-36-42(45)48-39-40(38-47-41(44)35-32-29-26-23-18-15-12-9-6-3)49-43(46)37-34-31-28-25-22-20-17-14-11-8-5-2/h13-14,16-17,19,21,23,26,40H,4-12,15,18,20,22,24-25,27-39H2,1-3H3/b16-13-,17-14-,21-19-,26-23-. The minimum absolute atomic E-state index is 0.0997. The van der Waals surface area contributed by atoms with Crippen molar-refractivity contribution in [3.05, 3.63) is 48.6 Å². The predicted octanol–water partition coefficient (Wildman–Crippen LogP) is 12.4. The van der Waals surface area contributed by atoms with Gasteiger partial charge in [-0.05, 0) is 77.0 Å². The van der Waals surface area contributed by atoms with Crippen molar-refractivity contribution in [1.82, 2.24) is 0 Å². The minimum atomic E-state index is -0.793. The van der Waals surface area contributed by atoms with Crippen LogP contribution in [0.1, 0.15) is 188 Å². The fraction of sp³-hybridized carbons (Fsp3) is 0.744. The summed E-state index contributed by atoms with van der Waals surface area (Å²) in [6.07, 6.45) is 42.5. The molecule has 49 heavy (non-hydrogen) atoms. The van der Waals surface area contributed by atoms with Gasteiger partial charge in [0.25, 0.3) is 0 Å². The van der Waals surface area contributed by atoms with Gasteiger partial charge < -0.3 is 14.2 Å². The van der Waals surface area contributed by atoms with Crippen LogP contribution < -0.4 is 0 Å². The molecule has 1 unspecified atom stereocenters. The van der Waals surface area contributed by atoms with Crippen molar-refractivity contribution in [2.75, 3.05) is 13.2 Å². The third-order valence-corrected chi connectivity index (χ3v) is 8.30. The first-order valence-corrected chi connectivity index (χ1v) is 20.2. The topological polar surface area (TPSA) is 78.9 Å². The molecule has 0 saturated heterocycles. The third kappa shape index (κ3) is 36.5. The summed E-state index contributed by atoms with van der Waals surface area (Å²) in [4.78, 5) is 37.4. The number of rotatable bonds is 35. The Morgan fingerprint density at radius 1 is 0.408 bits per heavy atom. The Balaban J connectivity index is 4.47. The largest absolute Gasteiger partial charge is 0.462 e. The second-order valence-electron chi connectivity index (χ2n) is 13.2. The number of esters is 3. The molecule has 6 nitrogen and oxygen atoms in total. The number of hydrogen-bond donors (Lipinski definition) is 0. The molecule has 0 bridgehead atoms. The van der Waals surface area contributed by atoms with Gasteiger partial charge in [0.15, 0.2) is 6.10 Å². The van der Waals surface area contributed by atoms with Crippen molar-refractivity contribution < 1.29 is 28.6 Å². The average Bonchev–Trinajstić information content (AvgIpc) is 3.10. The van der Waals surface area contributed by atoms with E-state index in [0.29, 0.717) is 25.7 Å². The van der Waals surface area contributed by atoms with Crippen LogP contribution in [-0.4, -0.2) is 37.2 Å². The first-order chi connectivity index (χ1) is 24.0. The highest BCUT2D eigenvalue weighted by atomic mass is 16.6. The van der Waals surface area contributed by atoms with E-state index in [-0.39, 0.29) is 31.1 Å². The summed E-state index contributed by atoms with van der Waals surface area (Å²) < 4.78 is 16.5. The van der Waals surface area contributed by atoms with Gasteiger partial charge in [0.05, 0.1) is 0 Å². The lowest BCUT2D eigenvalue weighted by Crippen LogP contribution is -2.30. The van der Waals surface area contributed by atoms with Crippen molar-refractivity contribution in [2.24, 2.45) is 0 Å². The number of hydrogen-bond acceptors (Lipinski definition) is 6. The maximum Gasteiger partial charge on any atom is 0.306 e. The molecular formula is C43H74O6. The van der Waals surface area contributed by atoms with Crippen LogP contribution in [0.15, 0.2) is 48.6 Å². The molecule has 0 aliphatic rings. The number of carbonyl (C=O) groups is 3. The molecule has 1 atom stereocenters. The maximum atomic E-state index is 12.6. The Hall–Kier alpha value is -2.63. The molecule has 0 fully saturated rings. The van der Waals surface area contributed by atoms with Crippen LogP contribution in [0.25, 0.3) is 0 Å². The van der Waals surface area contributed by atoms with Gasteiger partial charge in [0, 0.05) is 19.3 Å². The van der Waals surface area contributed by atoms with E-state index in [9.17, 15) is 14.4 Å². The first-order valence-electron chi connectivity index (χ1n) is 20.2. The number of ether oxygens (including phenoxy) is 3. The van der Waals surface area contributed by atoms with Crippen molar-refractivity contribution in [2.45, 2.75) is 194 Å². The van der Waals surface area contributed by atoms with Gasteiger partial charge in [-0.15, -0.1) is 0 Å². The van der Waals surface area contributed by atoms with E-state index in [2.05, 4.69) is 69.4 Å². The van der Waals surface area contributed by atoms with E-state index in [1.54, 1.807) is 0 Å². The molecular weight excluding hydrogens is 612 g/mol. The fourth-order valence-corrected chi connectivity index (χ4v) is 5.17. The second kappa shape index (κ2) is 38.2. The SMILES string of the molecule is CCCC/C=C\C=C/CCCCCC(=O)OCC(COC(=O)CCC/C=C\CCCCCC)OC(=O)CCCCCCC/C=C\CCCC. The molecule has 0 aliphatic heterocycles. The molecule has 0 rings (SSSR count). The number of unbranched alkanes of at least 4 members (excludes halogenated alkanes) is 17. The van der Waals surface area contributed by atoms with Gasteiger partial charge in [-0.3, -0.25) is 14.4 Å². The van der Waals surface area contributed by atoms with E-state index in [0.717, 1.165) is 77.0 Å². The Morgan fingerprint density at radius 3 is 1.33 bits per heavy atom. The molecule has 0 radical (unpaired) electrons. The van der Waals surface area contributed by atoms with Crippen LogP contribution >= 0.6 is 0 Å². The lowest BCUT2D eigenvalue weighted by molar-refractivity contribution is -0.167. The highest BCUT2D eigenvalue weighted by Crippen LogP contribution is 2.11.